The first-order valence-electron chi connectivity index (χ1n) is 5.07. The summed E-state index contributed by atoms with van der Waals surface area (Å²) >= 11 is 0. The van der Waals surface area contributed by atoms with Gasteiger partial charge in [-0.1, -0.05) is 19.8 Å². The molecule has 0 bridgehead atoms. The van der Waals surface area contributed by atoms with Gasteiger partial charge >= 0.3 is 0 Å². The van der Waals surface area contributed by atoms with Crippen molar-refractivity contribution in [1.82, 2.24) is 10.6 Å². The van der Waals surface area contributed by atoms with Gasteiger partial charge in [-0.3, -0.25) is 4.79 Å². The largest absolute Gasteiger partial charge is 0.342 e. The fourth-order valence-electron chi connectivity index (χ4n) is 1.08. The maximum absolute atomic E-state index is 11.1. The SMILES string of the molecule is CCCCC(C)NCC(=O)NCC#N. The lowest BCUT2D eigenvalue weighted by atomic mass is 10.1. The van der Waals surface area contributed by atoms with Gasteiger partial charge in [-0.05, 0) is 13.3 Å². The monoisotopic (exact) mass is 197 g/mol. The number of nitrogens with one attached hydrogen (secondary N) is 2. The van der Waals surface area contributed by atoms with Crippen molar-refractivity contribution < 1.29 is 4.79 Å². The van der Waals surface area contributed by atoms with E-state index in [4.69, 9.17) is 5.26 Å². The third kappa shape index (κ3) is 7.56. The number of unbranched alkanes of at least 4 members (excludes halogenated alkanes) is 1. The third-order valence-corrected chi connectivity index (χ3v) is 1.97. The van der Waals surface area contributed by atoms with Crippen LogP contribution in [0.2, 0.25) is 0 Å². The van der Waals surface area contributed by atoms with Crippen molar-refractivity contribution in [3.05, 3.63) is 0 Å². The quantitative estimate of drug-likeness (QED) is 0.593. The van der Waals surface area contributed by atoms with Gasteiger partial charge in [0.1, 0.15) is 6.54 Å². The molecular weight excluding hydrogens is 178 g/mol. The van der Waals surface area contributed by atoms with Crippen LogP contribution < -0.4 is 10.6 Å². The lowest BCUT2D eigenvalue weighted by molar-refractivity contribution is -0.120. The van der Waals surface area contributed by atoms with Crippen LogP contribution in [0.4, 0.5) is 0 Å². The van der Waals surface area contributed by atoms with Crippen LogP contribution >= 0.6 is 0 Å². The molecule has 0 spiro atoms. The Morgan fingerprint density at radius 2 is 2.29 bits per heavy atom. The maximum Gasteiger partial charge on any atom is 0.234 e. The Bertz CT molecular complexity index is 198. The highest BCUT2D eigenvalue weighted by Crippen LogP contribution is 1.98. The van der Waals surface area contributed by atoms with E-state index in [2.05, 4.69) is 24.5 Å². The Kier molecular flexibility index (Phi) is 7.86. The second-order valence-corrected chi connectivity index (χ2v) is 3.36. The number of carbonyl (C=O) groups excluding carboxylic acids is 1. The Morgan fingerprint density at radius 1 is 1.57 bits per heavy atom. The van der Waals surface area contributed by atoms with Gasteiger partial charge in [-0.15, -0.1) is 0 Å². The van der Waals surface area contributed by atoms with Crippen molar-refractivity contribution in [2.75, 3.05) is 13.1 Å². The first-order valence-corrected chi connectivity index (χ1v) is 5.07. The molecule has 4 nitrogen and oxygen atoms in total. The minimum atomic E-state index is -0.116. The van der Waals surface area contributed by atoms with Crippen LogP contribution in [-0.2, 0) is 4.79 Å². The van der Waals surface area contributed by atoms with Crippen molar-refractivity contribution in [3.63, 3.8) is 0 Å². The molecule has 0 aromatic carbocycles. The predicted molar refractivity (Wildman–Crippen MR) is 55.6 cm³/mol. The minimum absolute atomic E-state index is 0.0872. The lowest BCUT2D eigenvalue weighted by Gasteiger charge is -2.12. The van der Waals surface area contributed by atoms with E-state index >= 15 is 0 Å². The molecule has 0 radical (unpaired) electrons. The summed E-state index contributed by atoms with van der Waals surface area (Å²) in [4.78, 5) is 11.1. The second kappa shape index (κ2) is 8.52. The number of nitriles is 1. The van der Waals surface area contributed by atoms with E-state index in [1.54, 1.807) is 0 Å². The van der Waals surface area contributed by atoms with E-state index in [-0.39, 0.29) is 12.5 Å². The van der Waals surface area contributed by atoms with Gasteiger partial charge in [0.05, 0.1) is 12.6 Å². The molecule has 0 aliphatic rings. The topological polar surface area (TPSA) is 64.9 Å². The molecule has 2 N–H and O–H groups in total. The molecule has 1 atom stereocenters. The summed E-state index contributed by atoms with van der Waals surface area (Å²) in [6.45, 7) is 4.59. The second-order valence-electron chi connectivity index (χ2n) is 3.36. The van der Waals surface area contributed by atoms with E-state index in [1.165, 1.54) is 12.8 Å². The first kappa shape index (κ1) is 12.9. The van der Waals surface area contributed by atoms with Crippen LogP contribution in [-0.4, -0.2) is 25.0 Å². The number of amides is 1. The highest BCUT2D eigenvalue weighted by Gasteiger charge is 2.03. The third-order valence-electron chi connectivity index (χ3n) is 1.97. The molecule has 80 valence electrons. The van der Waals surface area contributed by atoms with Crippen molar-refractivity contribution in [2.45, 2.75) is 39.2 Å². The number of nitrogens with zero attached hydrogens (tertiary/aromatic N) is 1. The zero-order valence-electron chi connectivity index (χ0n) is 8.97. The molecule has 0 aromatic rings. The zero-order chi connectivity index (χ0) is 10.8. The molecule has 14 heavy (non-hydrogen) atoms. The Morgan fingerprint density at radius 3 is 2.86 bits per heavy atom. The molecule has 0 aliphatic heterocycles. The molecule has 1 amide bonds. The molecule has 0 saturated carbocycles. The molecule has 0 aromatic heterocycles. The number of hydrogen-bond donors (Lipinski definition) is 2. The van der Waals surface area contributed by atoms with Gasteiger partial charge in [0.2, 0.25) is 5.91 Å². The Hall–Kier alpha value is -1.08. The minimum Gasteiger partial charge on any atom is -0.342 e. The van der Waals surface area contributed by atoms with Gasteiger partial charge in [-0.2, -0.15) is 5.26 Å². The fourth-order valence-corrected chi connectivity index (χ4v) is 1.08. The lowest BCUT2D eigenvalue weighted by Crippen LogP contribution is -2.38. The van der Waals surface area contributed by atoms with E-state index in [1.807, 2.05) is 6.07 Å². The maximum atomic E-state index is 11.1. The first-order chi connectivity index (χ1) is 6.70. The van der Waals surface area contributed by atoms with Crippen molar-refractivity contribution in [2.24, 2.45) is 0 Å². The predicted octanol–water partition coefficient (Wildman–Crippen LogP) is 0.794. The van der Waals surface area contributed by atoms with Gasteiger partial charge in [-0.25, -0.2) is 0 Å². The van der Waals surface area contributed by atoms with Crippen LogP contribution in [0.5, 0.6) is 0 Å². The van der Waals surface area contributed by atoms with Crippen LogP contribution in [0.3, 0.4) is 0 Å². The van der Waals surface area contributed by atoms with Crippen LogP contribution in [0.25, 0.3) is 0 Å². The summed E-state index contributed by atoms with van der Waals surface area (Å²) < 4.78 is 0. The van der Waals surface area contributed by atoms with E-state index < -0.39 is 0 Å². The average Bonchev–Trinajstić information content (AvgIpc) is 2.20. The molecule has 0 aliphatic carbocycles. The molecule has 0 rings (SSSR count). The number of carbonyl (C=O) groups is 1. The number of hydrogen-bond acceptors (Lipinski definition) is 3. The van der Waals surface area contributed by atoms with Crippen molar-refractivity contribution >= 4 is 5.91 Å². The standard InChI is InChI=1S/C10H19N3O/c1-3-4-5-9(2)13-8-10(14)12-7-6-11/h9,13H,3-5,7-8H2,1-2H3,(H,12,14). The molecular formula is C10H19N3O. The zero-order valence-corrected chi connectivity index (χ0v) is 8.97. The molecule has 0 fully saturated rings. The Labute approximate surface area is 85.7 Å². The van der Waals surface area contributed by atoms with Gasteiger partial charge in [0.25, 0.3) is 0 Å². The van der Waals surface area contributed by atoms with Crippen LogP contribution in [0.1, 0.15) is 33.1 Å². The highest BCUT2D eigenvalue weighted by molar-refractivity contribution is 5.78. The summed E-state index contributed by atoms with van der Waals surface area (Å²) in [5, 5.41) is 13.8. The van der Waals surface area contributed by atoms with Gasteiger partial charge < -0.3 is 10.6 Å². The summed E-state index contributed by atoms with van der Waals surface area (Å²) in [7, 11) is 0. The molecule has 4 heteroatoms. The van der Waals surface area contributed by atoms with Crippen molar-refractivity contribution in [1.29, 1.82) is 5.26 Å². The van der Waals surface area contributed by atoms with Crippen LogP contribution in [0, 0.1) is 11.3 Å². The van der Waals surface area contributed by atoms with E-state index in [0.29, 0.717) is 12.6 Å². The van der Waals surface area contributed by atoms with E-state index in [9.17, 15) is 4.79 Å². The summed E-state index contributed by atoms with van der Waals surface area (Å²) in [5.41, 5.74) is 0. The van der Waals surface area contributed by atoms with Crippen LogP contribution in [0.15, 0.2) is 0 Å². The van der Waals surface area contributed by atoms with Crippen molar-refractivity contribution in [3.8, 4) is 6.07 Å². The fraction of sp³-hybridized carbons (Fsp3) is 0.800. The average molecular weight is 197 g/mol. The smallest absolute Gasteiger partial charge is 0.234 e. The number of rotatable bonds is 7. The molecule has 1 unspecified atom stereocenters. The molecule has 0 heterocycles. The summed E-state index contributed by atoms with van der Waals surface area (Å²) in [5.74, 6) is -0.116. The normalized spacial score (nSPS) is 11.8. The van der Waals surface area contributed by atoms with Gasteiger partial charge in [0, 0.05) is 6.04 Å². The summed E-state index contributed by atoms with van der Waals surface area (Å²) in [6, 6.07) is 2.22. The molecule has 0 saturated heterocycles. The summed E-state index contributed by atoms with van der Waals surface area (Å²) in [6.07, 6.45) is 3.43. The Balaban J connectivity index is 3.41. The highest BCUT2D eigenvalue weighted by atomic mass is 16.1. The van der Waals surface area contributed by atoms with Gasteiger partial charge in [0.15, 0.2) is 0 Å². The van der Waals surface area contributed by atoms with E-state index in [0.717, 1.165) is 6.42 Å².